The standard InChI is InChI=1S/C21H17N3O3/c22-21(26)23-12-13-5-7-14(8-6-13)20(25)24-15-9-10-19-17(11-15)16-3-1-2-4-18(16)27-19/h1-11H,12H2,(H,24,25)(H3,22,23,26). The van der Waals surface area contributed by atoms with Gasteiger partial charge in [-0.05, 0) is 42.0 Å². The summed E-state index contributed by atoms with van der Waals surface area (Å²) >= 11 is 0. The molecule has 0 spiro atoms. The monoisotopic (exact) mass is 359 g/mol. The number of hydrogen-bond acceptors (Lipinski definition) is 3. The first-order valence-corrected chi connectivity index (χ1v) is 8.45. The van der Waals surface area contributed by atoms with Crippen LogP contribution < -0.4 is 16.4 Å². The van der Waals surface area contributed by atoms with E-state index in [1.54, 1.807) is 24.3 Å². The first-order valence-electron chi connectivity index (χ1n) is 8.45. The Labute approximate surface area is 155 Å². The molecule has 134 valence electrons. The zero-order valence-electron chi connectivity index (χ0n) is 14.4. The number of nitrogens with one attached hydrogen (secondary N) is 2. The number of nitrogens with two attached hydrogens (primary N) is 1. The van der Waals surface area contributed by atoms with Gasteiger partial charge in [-0.15, -0.1) is 0 Å². The Morgan fingerprint density at radius 2 is 1.63 bits per heavy atom. The zero-order valence-corrected chi connectivity index (χ0v) is 14.4. The van der Waals surface area contributed by atoms with Crippen LogP contribution in [0.3, 0.4) is 0 Å². The zero-order chi connectivity index (χ0) is 18.8. The highest BCUT2D eigenvalue weighted by molar-refractivity contribution is 6.09. The second-order valence-electron chi connectivity index (χ2n) is 6.18. The van der Waals surface area contributed by atoms with Crippen molar-refractivity contribution >= 4 is 39.6 Å². The van der Waals surface area contributed by atoms with Gasteiger partial charge in [0.1, 0.15) is 11.2 Å². The lowest BCUT2D eigenvalue weighted by atomic mass is 10.1. The van der Waals surface area contributed by atoms with Crippen LogP contribution in [0.5, 0.6) is 0 Å². The summed E-state index contributed by atoms with van der Waals surface area (Å²) in [5.74, 6) is -0.212. The molecule has 27 heavy (non-hydrogen) atoms. The second kappa shape index (κ2) is 6.84. The molecule has 0 saturated heterocycles. The summed E-state index contributed by atoms with van der Waals surface area (Å²) in [5.41, 5.74) is 8.72. The molecule has 0 bridgehead atoms. The van der Waals surface area contributed by atoms with Crippen molar-refractivity contribution in [2.24, 2.45) is 5.73 Å². The lowest BCUT2D eigenvalue weighted by molar-refractivity contribution is 0.102. The number of carbonyl (C=O) groups is 2. The van der Waals surface area contributed by atoms with Gasteiger partial charge in [0.2, 0.25) is 0 Å². The van der Waals surface area contributed by atoms with Crippen molar-refractivity contribution in [1.29, 1.82) is 0 Å². The molecule has 0 radical (unpaired) electrons. The number of amides is 3. The fourth-order valence-electron chi connectivity index (χ4n) is 2.97. The van der Waals surface area contributed by atoms with E-state index >= 15 is 0 Å². The van der Waals surface area contributed by atoms with Gasteiger partial charge < -0.3 is 20.8 Å². The van der Waals surface area contributed by atoms with Gasteiger partial charge in [-0.3, -0.25) is 4.79 Å². The van der Waals surface area contributed by atoms with Gasteiger partial charge in [0, 0.05) is 28.6 Å². The predicted octanol–water partition coefficient (Wildman–Crippen LogP) is 4.01. The first-order chi connectivity index (χ1) is 13.1. The van der Waals surface area contributed by atoms with Crippen molar-refractivity contribution in [3.8, 4) is 0 Å². The minimum Gasteiger partial charge on any atom is -0.456 e. The van der Waals surface area contributed by atoms with Crippen molar-refractivity contribution < 1.29 is 14.0 Å². The minimum atomic E-state index is -0.584. The molecule has 3 aromatic carbocycles. The van der Waals surface area contributed by atoms with Gasteiger partial charge in [0.05, 0.1) is 0 Å². The van der Waals surface area contributed by atoms with Gasteiger partial charge in [-0.25, -0.2) is 4.79 Å². The van der Waals surface area contributed by atoms with Gasteiger partial charge in [0.15, 0.2) is 0 Å². The molecule has 0 aliphatic rings. The molecule has 4 rings (SSSR count). The van der Waals surface area contributed by atoms with Crippen molar-refractivity contribution in [2.45, 2.75) is 6.54 Å². The van der Waals surface area contributed by atoms with Crippen molar-refractivity contribution in [3.05, 3.63) is 77.9 Å². The molecule has 3 amide bonds. The summed E-state index contributed by atoms with van der Waals surface area (Å²) < 4.78 is 5.80. The van der Waals surface area contributed by atoms with Crippen LogP contribution in [0.4, 0.5) is 10.5 Å². The maximum Gasteiger partial charge on any atom is 0.312 e. The van der Waals surface area contributed by atoms with Crippen LogP contribution in [-0.4, -0.2) is 11.9 Å². The van der Waals surface area contributed by atoms with Crippen LogP contribution in [0.25, 0.3) is 21.9 Å². The number of hydrogen-bond donors (Lipinski definition) is 3. The number of carbonyl (C=O) groups excluding carboxylic acids is 2. The van der Waals surface area contributed by atoms with Crippen LogP contribution >= 0.6 is 0 Å². The van der Waals surface area contributed by atoms with Crippen LogP contribution in [0.2, 0.25) is 0 Å². The number of fused-ring (bicyclic) bond motifs is 3. The Kier molecular flexibility index (Phi) is 4.22. The number of primary amides is 1. The Morgan fingerprint density at radius 1 is 0.889 bits per heavy atom. The molecule has 4 aromatic rings. The van der Waals surface area contributed by atoms with Crippen molar-refractivity contribution in [1.82, 2.24) is 5.32 Å². The van der Waals surface area contributed by atoms with E-state index in [0.29, 0.717) is 17.8 Å². The topological polar surface area (TPSA) is 97.4 Å². The summed E-state index contributed by atoms with van der Waals surface area (Å²) in [5, 5.41) is 7.38. The molecular formula is C21H17N3O3. The largest absolute Gasteiger partial charge is 0.456 e. The third-order valence-corrected chi connectivity index (χ3v) is 4.32. The number of para-hydroxylation sites is 1. The van der Waals surface area contributed by atoms with E-state index in [1.807, 2.05) is 42.5 Å². The number of urea groups is 1. The molecule has 6 nitrogen and oxygen atoms in total. The van der Waals surface area contributed by atoms with Gasteiger partial charge in [-0.1, -0.05) is 30.3 Å². The van der Waals surface area contributed by atoms with Crippen LogP contribution in [0, 0.1) is 0 Å². The Bertz CT molecular complexity index is 1150. The average Bonchev–Trinajstić information content (AvgIpc) is 3.05. The normalized spacial score (nSPS) is 10.8. The van der Waals surface area contributed by atoms with Crippen LogP contribution in [-0.2, 0) is 6.54 Å². The van der Waals surface area contributed by atoms with Gasteiger partial charge in [0.25, 0.3) is 5.91 Å². The van der Waals surface area contributed by atoms with E-state index in [1.165, 1.54) is 0 Å². The maximum atomic E-state index is 12.5. The Balaban J connectivity index is 1.53. The molecular weight excluding hydrogens is 342 g/mol. The number of anilines is 1. The van der Waals surface area contributed by atoms with Crippen LogP contribution in [0.15, 0.2) is 71.1 Å². The highest BCUT2D eigenvalue weighted by Gasteiger charge is 2.10. The number of benzene rings is 3. The van der Waals surface area contributed by atoms with Crippen molar-refractivity contribution in [3.63, 3.8) is 0 Å². The molecule has 4 N–H and O–H groups in total. The van der Waals surface area contributed by atoms with E-state index in [0.717, 1.165) is 27.5 Å². The minimum absolute atomic E-state index is 0.212. The molecule has 0 saturated carbocycles. The van der Waals surface area contributed by atoms with Gasteiger partial charge in [-0.2, -0.15) is 0 Å². The molecule has 1 heterocycles. The summed E-state index contributed by atoms with van der Waals surface area (Å²) in [6.07, 6.45) is 0. The van der Waals surface area contributed by atoms with Gasteiger partial charge >= 0.3 is 6.03 Å². The molecule has 0 fully saturated rings. The fraction of sp³-hybridized carbons (Fsp3) is 0.0476. The molecule has 0 aliphatic heterocycles. The van der Waals surface area contributed by atoms with E-state index in [-0.39, 0.29) is 5.91 Å². The maximum absolute atomic E-state index is 12.5. The second-order valence-corrected chi connectivity index (χ2v) is 6.18. The Morgan fingerprint density at radius 3 is 2.41 bits per heavy atom. The van der Waals surface area contributed by atoms with Crippen molar-refractivity contribution in [2.75, 3.05) is 5.32 Å². The first kappa shape index (κ1) is 16.7. The summed E-state index contributed by atoms with van der Waals surface area (Å²) in [6.45, 7) is 0.321. The highest BCUT2D eigenvalue weighted by atomic mass is 16.3. The van der Waals surface area contributed by atoms with E-state index in [9.17, 15) is 9.59 Å². The molecule has 0 aliphatic carbocycles. The Hall–Kier alpha value is -3.80. The number of furan rings is 1. The third-order valence-electron chi connectivity index (χ3n) is 4.32. The molecule has 0 unspecified atom stereocenters. The lowest BCUT2D eigenvalue weighted by Crippen LogP contribution is -2.28. The molecule has 1 aromatic heterocycles. The van der Waals surface area contributed by atoms with E-state index in [4.69, 9.17) is 10.2 Å². The molecule has 6 heteroatoms. The lowest BCUT2D eigenvalue weighted by Gasteiger charge is -2.07. The SMILES string of the molecule is NC(=O)NCc1ccc(C(=O)Nc2ccc3oc4ccccc4c3c2)cc1. The fourth-order valence-corrected chi connectivity index (χ4v) is 2.97. The average molecular weight is 359 g/mol. The van der Waals surface area contributed by atoms with E-state index < -0.39 is 6.03 Å². The predicted molar refractivity (Wildman–Crippen MR) is 105 cm³/mol. The summed E-state index contributed by atoms with van der Waals surface area (Å²) in [4.78, 5) is 23.3. The third kappa shape index (κ3) is 3.46. The summed E-state index contributed by atoms with van der Waals surface area (Å²) in [7, 11) is 0. The van der Waals surface area contributed by atoms with E-state index in [2.05, 4.69) is 10.6 Å². The quantitative estimate of drug-likeness (QED) is 0.513. The summed E-state index contributed by atoms with van der Waals surface area (Å²) in [6, 6.07) is 19.7. The smallest absolute Gasteiger partial charge is 0.312 e. The van der Waals surface area contributed by atoms with Crippen LogP contribution in [0.1, 0.15) is 15.9 Å². The highest BCUT2D eigenvalue weighted by Crippen LogP contribution is 2.30. The molecule has 0 atom stereocenters. The number of rotatable bonds is 4.